The van der Waals surface area contributed by atoms with Crippen LogP contribution in [0.3, 0.4) is 0 Å². The Balaban J connectivity index is 1.95. The highest BCUT2D eigenvalue weighted by Gasteiger charge is 2.12. The van der Waals surface area contributed by atoms with Crippen LogP contribution in [0.15, 0.2) is 28.7 Å². The Morgan fingerprint density at radius 3 is 2.64 bits per heavy atom. The second-order valence-electron chi connectivity index (χ2n) is 4.71. The van der Waals surface area contributed by atoms with Crippen LogP contribution in [0.25, 0.3) is 0 Å². The number of carbonyl (C=O) groups is 2. The molecule has 0 radical (unpaired) electrons. The van der Waals surface area contributed by atoms with E-state index in [1.165, 1.54) is 0 Å². The van der Waals surface area contributed by atoms with E-state index in [1.54, 1.807) is 10.7 Å². The van der Waals surface area contributed by atoms with E-state index in [9.17, 15) is 9.59 Å². The van der Waals surface area contributed by atoms with Gasteiger partial charge >= 0.3 is 0 Å². The van der Waals surface area contributed by atoms with Gasteiger partial charge in [-0.1, -0.05) is 15.9 Å². The predicted molar refractivity (Wildman–Crippen MR) is 94.2 cm³/mol. The van der Waals surface area contributed by atoms with Gasteiger partial charge in [0.15, 0.2) is 0 Å². The Morgan fingerprint density at radius 2 is 2.00 bits per heavy atom. The van der Waals surface area contributed by atoms with Crippen molar-refractivity contribution >= 4 is 50.3 Å². The molecule has 1 heterocycles. The molecular formula is C14H14BrIN4O2. The van der Waals surface area contributed by atoms with Crippen LogP contribution < -0.4 is 10.9 Å². The first-order chi connectivity index (χ1) is 10.4. The molecule has 0 spiro atoms. The van der Waals surface area contributed by atoms with E-state index in [1.807, 2.05) is 32.0 Å². The summed E-state index contributed by atoms with van der Waals surface area (Å²) in [6.45, 7) is 3.78. The smallest absolute Gasteiger partial charge is 0.270 e. The molecule has 0 saturated heterocycles. The largest absolute Gasteiger partial charge is 0.271 e. The van der Waals surface area contributed by atoms with E-state index in [0.29, 0.717) is 5.56 Å². The molecule has 116 valence electrons. The number of rotatable bonds is 3. The first kappa shape index (κ1) is 16.9. The molecule has 0 aliphatic rings. The van der Waals surface area contributed by atoms with E-state index < -0.39 is 0 Å². The summed E-state index contributed by atoms with van der Waals surface area (Å²) in [6.07, 6.45) is 0. The second-order valence-corrected chi connectivity index (χ2v) is 6.79. The zero-order chi connectivity index (χ0) is 16.3. The highest BCUT2D eigenvalue weighted by Crippen LogP contribution is 2.18. The molecule has 6 nitrogen and oxygen atoms in total. The lowest BCUT2D eigenvalue weighted by Gasteiger charge is -2.09. The van der Waals surface area contributed by atoms with Crippen molar-refractivity contribution in [2.45, 2.75) is 20.4 Å². The Hall–Kier alpha value is -1.42. The van der Waals surface area contributed by atoms with Crippen molar-refractivity contribution in [2.24, 2.45) is 0 Å². The third-order valence-corrected chi connectivity index (χ3v) is 4.32. The third-order valence-electron chi connectivity index (χ3n) is 2.89. The quantitative estimate of drug-likeness (QED) is 0.527. The number of nitrogens with zero attached hydrogens (tertiary/aromatic N) is 2. The molecule has 2 N–H and O–H groups in total. The lowest BCUT2D eigenvalue weighted by atomic mass is 10.2. The van der Waals surface area contributed by atoms with Gasteiger partial charge in [0.1, 0.15) is 6.54 Å². The third kappa shape index (κ3) is 4.29. The van der Waals surface area contributed by atoms with Crippen molar-refractivity contribution in [2.75, 3.05) is 0 Å². The van der Waals surface area contributed by atoms with Crippen LogP contribution in [0, 0.1) is 17.4 Å². The summed E-state index contributed by atoms with van der Waals surface area (Å²) in [6, 6.07) is 7.25. The minimum Gasteiger partial charge on any atom is -0.271 e. The summed E-state index contributed by atoms with van der Waals surface area (Å²) in [4.78, 5) is 23.9. The van der Waals surface area contributed by atoms with E-state index in [0.717, 1.165) is 19.4 Å². The van der Waals surface area contributed by atoms with Crippen LogP contribution in [0.4, 0.5) is 0 Å². The zero-order valence-electron chi connectivity index (χ0n) is 12.0. The number of amides is 2. The van der Waals surface area contributed by atoms with Gasteiger partial charge in [0, 0.05) is 13.7 Å². The summed E-state index contributed by atoms with van der Waals surface area (Å²) in [7, 11) is 0. The number of halogens is 2. The van der Waals surface area contributed by atoms with Gasteiger partial charge in [0.05, 0.1) is 11.3 Å². The van der Waals surface area contributed by atoms with Crippen LogP contribution in [-0.2, 0) is 11.3 Å². The fourth-order valence-electron chi connectivity index (χ4n) is 1.88. The maximum atomic E-state index is 12.1. The molecule has 2 rings (SSSR count). The normalized spacial score (nSPS) is 10.4. The molecule has 0 aliphatic carbocycles. The van der Waals surface area contributed by atoms with Gasteiger partial charge in [0.25, 0.3) is 11.8 Å². The molecule has 2 amide bonds. The molecule has 0 atom stereocenters. The first-order valence-electron chi connectivity index (χ1n) is 6.42. The Kier molecular flexibility index (Phi) is 5.57. The van der Waals surface area contributed by atoms with Crippen LogP contribution in [0.2, 0.25) is 0 Å². The average molecular weight is 477 g/mol. The van der Waals surface area contributed by atoms with Gasteiger partial charge < -0.3 is 0 Å². The van der Waals surface area contributed by atoms with E-state index >= 15 is 0 Å². The lowest BCUT2D eigenvalue weighted by molar-refractivity contribution is -0.122. The van der Waals surface area contributed by atoms with Crippen molar-refractivity contribution in [3.05, 3.63) is 49.3 Å². The summed E-state index contributed by atoms with van der Waals surface area (Å²) in [5.74, 6) is -0.711. The molecule has 1 aromatic heterocycles. The summed E-state index contributed by atoms with van der Waals surface area (Å²) >= 11 is 5.38. The van der Waals surface area contributed by atoms with E-state index in [2.05, 4.69) is 54.5 Å². The molecule has 0 unspecified atom stereocenters. The predicted octanol–water partition coefficient (Wildman–Crippen LogP) is 2.33. The molecule has 2 aromatic rings. The minimum atomic E-state index is -0.368. The number of hydrogen-bond donors (Lipinski definition) is 2. The molecule has 0 bridgehead atoms. The topological polar surface area (TPSA) is 76.0 Å². The van der Waals surface area contributed by atoms with Gasteiger partial charge in [-0.05, 0) is 60.7 Å². The van der Waals surface area contributed by atoms with E-state index in [-0.39, 0.29) is 18.4 Å². The van der Waals surface area contributed by atoms with Crippen molar-refractivity contribution in [1.29, 1.82) is 0 Å². The lowest BCUT2D eigenvalue weighted by Crippen LogP contribution is -2.43. The minimum absolute atomic E-state index is 0.0511. The van der Waals surface area contributed by atoms with Crippen LogP contribution in [0.5, 0.6) is 0 Å². The zero-order valence-corrected chi connectivity index (χ0v) is 15.7. The fourth-order valence-corrected chi connectivity index (χ4v) is 2.82. The molecule has 0 fully saturated rings. The molecule has 22 heavy (non-hydrogen) atoms. The number of hydrogen-bond acceptors (Lipinski definition) is 3. The average Bonchev–Trinajstić information content (AvgIpc) is 2.77. The highest BCUT2D eigenvalue weighted by atomic mass is 127. The fraction of sp³-hybridized carbons (Fsp3) is 0.214. The number of hydrazine groups is 1. The Bertz CT molecular complexity index is 730. The molecule has 1 aromatic carbocycles. The molecular weight excluding hydrogens is 463 g/mol. The van der Waals surface area contributed by atoms with Crippen LogP contribution >= 0.6 is 38.5 Å². The maximum absolute atomic E-state index is 12.1. The Labute approximate surface area is 149 Å². The molecule has 0 aliphatic heterocycles. The SMILES string of the molecule is Cc1cc(C)n(CC(=O)NNC(=O)c2cc(Br)ccc2I)n1. The molecule has 8 heteroatoms. The maximum Gasteiger partial charge on any atom is 0.270 e. The first-order valence-corrected chi connectivity index (χ1v) is 8.29. The standard InChI is InChI=1S/C14H14BrIN4O2/c1-8-5-9(2)20(19-8)7-13(21)17-18-14(22)11-6-10(15)3-4-12(11)16/h3-6H,7H2,1-2H3,(H,17,21)(H,18,22). The second kappa shape index (κ2) is 7.23. The van der Waals surface area contributed by atoms with Crippen molar-refractivity contribution in [3.63, 3.8) is 0 Å². The van der Waals surface area contributed by atoms with Gasteiger partial charge in [-0.3, -0.25) is 25.1 Å². The number of aromatic nitrogens is 2. The summed E-state index contributed by atoms with van der Waals surface area (Å²) in [5, 5.41) is 4.20. The van der Waals surface area contributed by atoms with Gasteiger partial charge in [0.2, 0.25) is 0 Å². The Morgan fingerprint density at radius 1 is 1.27 bits per heavy atom. The van der Waals surface area contributed by atoms with Crippen LogP contribution in [0.1, 0.15) is 21.7 Å². The summed E-state index contributed by atoms with van der Waals surface area (Å²) in [5.41, 5.74) is 7.02. The van der Waals surface area contributed by atoms with Gasteiger partial charge in [-0.2, -0.15) is 5.10 Å². The number of benzene rings is 1. The van der Waals surface area contributed by atoms with Crippen molar-refractivity contribution < 1.29 is 9.59 Å². The van der Waals surface area contributed by atoms with Crippen molar-refractivity contribution in [1.82, 2.24) is 20.6 Å². The van der Waals surface area contributed by atoms with Gasteiger partial charge in [-0.15, -0.1) is 0 Å². The highest BCUT2D eigenvalue weighted by molar-refractivity contribution is 14.1. The van der Waals surface area contributed by atoms with Gasteiger partial charge in [-0.25, -0.2) is 0 Å². The summed E-state index contributed by atoms with van der Waals surface area (Å²) < 4.78 is 3.18. The monoisotopic (exact) mass is 476 g/mol. The number of aryl methyl sites for hydroxylation is 2. The number of nitrogens with one attached hydrogen (secondary N) is 2. The van der Waals surface area contributed by atoms with Crippen molar-refractivity contribution in [3.8, 4) is 0 Å². The van der Waals surface area contributed by atoms with E-state index in [4.69, 9.17) is 0 Å². The number of carbonyl (C=O) groups excluding carboxylic acids is 2. The van der Waals surface area contributed by atoms with Crippen LogP contribution in [-0.4, -0.2) is 21.6 Å². The molecule has 0 saturated carbocycles.